The van der Waals surface area contributed by atoms with Gasteiger partial charge in [-0.1, -0.05) is 30.3 Å². The van der Waals surface area contributed by atoms with Crippen LogP contribution in [0.5, 0.6) is 0 Å². The number of nitrogens with one attached hydrogen (secondary N) is 1. The summed E-state index contributed by atoms with van der Waals surface area (Å²) in [4.78, 5) is 13.3. The molecule has 4 rings (SSSR count). The zero-order chi connectivity index (χ0) is 20.2. The van der Waals surface area contributed by atoms with Crippen molar-refractivity contribution < 1.29 is 0 Å². The fourth-order valence-corrected chi connectivity index (χ4v) is 4.72. The third-order valence-electron chi connectivity index (χ3n) is 5.30. The first-order valence-electron chi connectivity index (χ1n) is 10.2. The molecule has 1 N–H and O–H groups in total. The lowest BCUT2D eigenvalue weighted by Crippen LogP contribution is -2.40. The van der Waals surface area contributed by atoms with E-state index in [4.69, 9.17) is 9.98 Å². The summed E-state index contributed by atoms with van der Waals surface area (Å²) in [5.41, 5.74) is 3.56. The third-order valence-corrected chi connectivity index (χ3v) is 6.50. The lowest BCUT2D eigenvalue weighted by atomic mass is 10.0. The summed E-state index contributed by atoms with van der Waals surface area (Å²) in [5, 5.41) is 8.86. The Morgan fingerprint density at radius 2 is 2.14 bits per heavy atom. The number of nitrogens with zero attached hydrogens (tertiary/aromatic N) is 5. The molecule has 0 saturated carbocycles. The maximum atomic E-state index is 4.95. The van der Waals surface area contributed by atoms with E-state index in [9.17, 15) is 0 Å². The molecule has 1 aromatic carbocycles. The maximum Gasteiger partial charge on any atom is 0.194 e. The van der Waals surface area contributed by atoms with Gasteiger partial charge in [0.1, 0.15) is 5.01 Å². The zero-order valence-corrected chi connectivity index (χ0v) is 18.1. The summed E-state index contributed by atoms with van der Waals surface area (Å²) in [7, 11) is 1.98. The van der Waals surface area contributed by atoms with Crippen molar-refractivity contribution in [3.05, 3.63) is 58.9 Å². The van der Waals surface area contributed by atoms with E-state index < -0.39 is 0 Å². The fraction of sp³-hybridized carbons (Fsp3) is 0.409. The molecule has 152 valence electrons. The zero-order valence-electron chi connectivity index (χ0n) is 17.3. The molecule has 0 bridgehead atoms. The van der Waals surface area contributed by atoms with Crippen molar-refractivity contribution in [1.29, 1.82) is 0 Å². The lowest BCUT2D eigenvalue weighted by molar-refractivity contribution is 0.486. The van der Waals surface area contributed by atoms with Crippen LogP contribution in [0.3, 0.4) is 0 Å². The molecule has 1 atom stereocenters. The highest BCUT2D eigenvalue weighted by Gasteiger charge is 2.27. The summed E-state index contributed by atoms with van der Waals surface area (Å²) in [5.74, 6) is 1.51. The molecule has 6 nitrogen and oxygen atoms in total. The molecule has 3 heterocycles. The van der Waals surface area contributed by atoms with E-state index >= 15 is 0 Å². The van der Waals surface area contributed by atoms with Crippen LogP contribution in [-0.4, -0.2) is 45.3 Å². The van der Waals surface area contributed by atoms with Crippen LogP contribution in [0.2, 0.25) is 0 Å². The Bertz CT molecular complexity index is 974. The molecular weight excluding hydrogens is 380 g/mol. The van der Waals surface area contributed by atoms with Crippen molar-refractivity contribution in [1.82, 2.24) is 25.0 Å². The molecule has 29 heavy (non-hydrogen) atoms. The van der Waals surface area contributed by atoms with E-state index in [1.54, 1.807) is 11.3 Å². The monoisotopic (exact) mass is 408 g/mol. The normalized spacial score (nSPS) is 17.1. The van der Waals surface area contributed by atoms with Crippen molar-refractivity contribution in [3.63, 3.8) is 0 Å². The maximum absolute atomic E-state index is 4.95. The predicted octanol–water partition coefficient (Wildman–Crippen LogP) is 3.81. The number of rotatable bonds is 5. The molecule has 0 aliphatic carbocycles. The first-order valence-corrected chi connectivity index (χ1v) is 11.0. The number of hydrogen-bond donors (Lipinski definition) is 1. The van der Waals surface area contributed by atoms with Crippen molar-refractivity contribution in [2.24, 2.45) is 12.0 Å². The second-order valence-corrected chi connectivity index (χ2v) is 8.53. The summed E-state index contributed by atoms with van der Waals surface area (Å²) in [6.45, 7) is 7.72. The largest absolute Gasteiger partial charge is 0.357 e. The Kier molecular flexibility index (Phi) is 5.94. The Morgan fingerprint density at radius 3 is 2.86 bits per heavy atom. The van der Waals surface area contributed by atoms with Crippen LogP contribution < -0.4 is 5.32 Å². The molecule has 7 heteroatoms. The number of guanidine groups is 1. The van der Waals surface area contributed by atoms with E-state index in [0.717, 1.165) is 42.7 Å². The van der Waals surface area contributed by atoms with Crippen molar-refractivity contribution in [2.75, 3.05) is 19.6 Å². The molecule has 0 amide bonds. The number of thiazole rings is 1. The highest BCUT2D eigenvalue weighted by atomic mass is 32.1. The highest BCUT2D eigenvalue weighted by molar-refractivity contribution is 7.15. The van der Waals surface area contributed by atoms with Gasteiger partial charge in [-0.2, -0.15) is 5.10 Å². The number of likely N-dealkylation sites (tertiary alicyclic amines) is 1. The van der Waals surface area contributed by atoms with Gasteiger partial charge < -0.3 is 10.2 Å². The van der Waals surface area contributed by atoms with Gasteiger partial charge in [0.05, 0.1) is 18.4 Å². The SMILES string of the molecule is CCNC(=NCc1sc(-c2ccccc2)nc1C)N1CCC(c2cnn(C)c2)C1. The molecule has 2 aromatic heterocycles. The Labute approximate surface area is 176 Å². The van der Waals surface area contributed by atoms with Gasteiger partial charge in [-0.25, -0.2) is 9.98 Å². The smallest absolute Gasteiger partial charge is 0.194 e. The third kappa shape index (κ3) is 4.50. The van der Waals surface area contributed by atoms with Gasteiger partial charge in [0.2, 0.25) is 0 Å². The molecule has 1 aliphatic rings. The summed E-state index contributed by atoms with van der Waals surface area (Å²) in [6, 6.07) is 10.4. The molecule has 1 saturated heterocycles. The fourth-order valence-electron chi connectivity index (χ4n) is 3.73. The predicted molar refractivity (Wildman–Crippen MR) is 119 cm³/mol. The van der Waals surface area contributed by atoms with Crippen LogP contribution in [0.4, 0.5) is 0 Å². The molecule has 3 aromatic rings. The first kappa shape index (κ1) is 19.6. The van der Waals surface area contributed by atoms with Gasteiger partial charge >= 0.3 is 0 Å². The highest BCUT2D eigenvalue weighted by Crippen LogP contribution is 2.29. The van der Waals surface area contributed by atoms with Gasteiger partial charge in [0.15, 0.2) is 5.96 Å². The molecule has 1 unspecified atom stereocenters. The van der Waals surface area contributed by atoms with Gasteiger partial charge in [-0.3, -0.25) is 4.68 Å². The molecular formula is C22H28N6S. The number of benzene rings is 1. The van der Waals surface area contributed by atoms with Crippen LogP contribution >= 0.6 is 11.3 Å². The topological polar surface area (TPSA) is 58.3 Å². The van der Waals surface area contributed by atoms with E-state index in [2.05, 4.69) is 59.6 Å². The summed E-state index contributed by atoms with van der Waals surface area (Å²) >= 11 is 1.74. The number of hydrogen-bond acceptors (Lipinski definition) is 4. The van der Waals surface area contributed by atoms with Gasteiger partial charge in [-0.05, 0) is 25.8 Å². The van der Waals surface area contributed by atoms with Crippen LogP contribution in [0.15, 0.2) is 47.7 Å². The minimum atomic E-state index is 0.516. The lowest BCUT2D eigenvalue weighted by Gasteiger charge is -2.21. The Hall–Kier alpha value is -2.67. The van der Waals surface area contributed by atoms with Crippen LogP contribution in [-0.2, 0) is 13.6 Å². The van der Waals surface area contributed by atoms with Crippen molar-refractivity contribution in [3.8, 4) is 10.6 Å². The van der Waals surface area contributed by atoms with E-state index in [1.165, 1.54) is 16.0 Å². The summed E-state index contributed by atoms with van der Waals surface area (Å²) in [6.07, 6.45) is 5.25. The molecule has 1 aliphatic heterocycles. The van der Waals surface area contributed by atoms with Crippen LogP contribution in [0.25, 0.3) is 10.6 Å². The van der Waals surface area contributed by atoms with Gasteiger partial charge in [-0.15, -0.1) is 11.3 Å². The van der Waals surface area contributed by atoms with Gasteiger partial charge in [0.25, 0.3) is 0 Å². The average molecular weight is 409 g/mol. The van der Waals surface area contributed by atoms with Crippen LogP contribution in [0.1, 0.15) is 35.4 Å². The number of aliphatic imine (C=N–C) groups is 1. The van der Waals surface area contributed by atoms with E-state index in [-0.39, 0.29) is 0 Å². The van der Waals surface area contributed by atoms with Crippen molar-refractivity contribution >= 4 is 17.3 Å². The average Bonchev–Trinajstić information content (AvgIpc) is 3.46. The Balaban J connectivity index is 1.47. The van der Waals surface area contributed by atoms with E-state index in [1.807, 2.05) is 24.0 Å². The molecule has 0 spiro atoms. The molecule has 0 radical (unpaired) electrons. The van der Waals surface area contributed by atoms with Crippen molar-refractivity contribution in [2.45, 2.75) is 32.7 Å². The number of aryl methyl sites for hydroxylation is 2. The molecule has 1 fully saturated rings. The Morgan fingerprint density at radius 1 is 1.31 bits per heavy atom. The minimum absolute atomic E-state index is 0.516. The second kappa shape index (κ2) is 8.78. The quantitative estimate of drug-likeness (QED) is 0.515. The first-order chi connectivity index (χ1) is 14.1. The number of aromatic nitrogens is 3. The van der Waals surface area contributed by atoms with Gasteiger partial charge in [0, 0.05) is 49.2 Å². The second-order valence-electron chi connectivity index (χ2n) is 7.44. The van der Waals surface area contributed by atoms with E-state index in [0.29, 0.717) is 12.5 Å². The summed E-state index contributed by atoms with van der Waals surface area (Å²) < 4.78 is 1.88. The minimum Gasteiger partial charge on any atom is -0.357 e. The van der Waals surface area contributed by atoms with Crippen LogP contribution in [0, 0.1) is 6.92 Å². The standard InChI is InChI=1S/C22H28N6S/c1-4-23-22(28-11-10-18(15-28)19-12-25-27(3)14-19)24-13-20-16(2)26-21(29-20)17-8-6-5-7-9-17/h5-9,12,14,18H,4,10-11,13,15H2,1-3H3,(H,23,24).